The summed E-state index contributed by atoms with van der Waals surface area (Å²) in [5, 5.41) is 3.01. The molecule has 0 aromatic heterocycles. The molecule has 0 aliphatic rings. The van der Waals surface area contributed by atoms with E-state index < -0.39 is 21.6 Å². The van der Waals surface area contributed by atoms with E-state index in [1.54, 1.807) is 4.90 Å². The van der Waals surface area contributed by atoms with Gasteiger partial charge in [0.05, 0.1) is 11.9 Å². The molecule has 0 bridgehead atoms. The topological polar surface area (TPSA) is 86.8 Å². The number of nitrogens with one attached hydrogen (secondary N) is 1. The van der Waals surface area contributed by atoms with E-state index in [2.05, 4.69) is 5.32 Å². The van der Waals surface area contributed by atoms with Crippen molar-refractivity contribution in [3.63, 3.8) is 0 Å². The lowest BCUT2D eigenvalue weighted by Gasteiger charge is -2.33. The van der Waals surface area contributed by atoms with Gasteiger partial charge in [-0.15, -0.1) is 0 Å². The molecule has 2 aromatic carbocycles. The molecule has 2 amide bonds. The third-order valence-corrected chi connectivity index (χ3v) is 7.32. The molecule has 7 nitrogen and oxygen atoms in total. The second-order valence-electron chi connectivity index (χ2n) is 10.9. The standard InChI is InChI=1S/C29H43N3O4S/c1-9-25(28(34)30-29(5,6)7)31(20-24-16-13-21(2)14-17-24)27(33)11-10-18-32(37(8,35)36)26-19-22(3)12-15-23(26)4/h12-17,19,25H,9-11,18,20H2,1-8H3,(H,30,34)/t25-/m1/s1. The van der Waals surface area contributed by atoms with Crippen molar-refractivity contribution in [2.24, 2.45) is 0 Å². The number of hydrogen-bond acceptors (Lipinski definition) is 4. The highest BCUT2D eigenvalue weighted by Crippen LogP contribution is 2.25. The molecule has 0 aliphatic carbocycles. The smallest absolute Gasteiger partial charge is 0.243 e. The monoisotopic (exact) mass is 529 g/mol. The summed E-state index contributed by atoms with van der Waals surface area (Å²) in [4.78, 5) is 28.3. The fourth-order valence-electron chi connectivity index (χ4n) is 4.23. The van der Waals surface area contributed by atoms with Gasteiger partial charge in [0.2, 0.25) is 21.8 Å². The van der Waals surface area contributed by atoms with Crippen LogP contribution in [0, 0.1) is 20.8 Å². The minimum absolute atomic E-state index is 0.127. The highest BCUT2D eigenvalue weighted by Gasteiger charge is 2.30. The molecule has 204 valence electrons. The summed E-state index contributed by atoms with van der Waals surface area (Å²) in [5.41, 5.74) is 4.08. The number of nitrogens with zero attached hydrogens (tertiary/aromatic N) is 2. The molecule has 0 heterocycles. The van der Waals surface area contributed by atoms with E-state index in [9.17, 15) is 18.0 Å². The van der Waals surface area contributed by atoms with Gasteiger partial charge in [-0.2, -0.15) is 0 Å². The van der Waals surface area contributed by atoms with Crippen LogP contribution in [0.1, 0.15) is 69.2 Å². The number of aryl methyl sites for hydroxylation is 3. The molecule has 0 unspecified atom stereocenters. The first kappa shape index (κ1) is 30.4. The third-order valence-electron chi connectivity index (χ3n) is 6.14. The van der Waals surface area contributed by atoms with Gasteiger partial charge in [-0.25, -0.2) is 8.42 Å². The normalized spacial score (nSPS) is 12.6. The Balaban J connectivity index is 2.27. The van der Waals surface area contributed by atoms with Crippen LogP contribution in [-0.2, 0) is 26.2 Å². The number of anilines is 1. The fraction of sp³-hybridized carbons (Fsp3) is 0.517. The molecule has 1 N–H and O–H groups in total. The highest BCUT2D eigenvalue weighted by atomic mass is 32.2. The zero-order valence-corrected chi connectivity index (χ0v) is 24.4. The lowest BCUT2D eigenvalue weighted by molar-refractivity contribution is -0.142. The summed E-state index contributed by atoms with van der Waals surface area (Å²) in [7, 11) is -3.54. The molecule has 0 saturated carbocycles. The summed E-state index contributed by atoms with van der Waals surface area (Å²) in [6, 6.07) is 13.0. The molecule has 0 saturated heterocycles. The molecular weight excluding hydrogens is 486 g/mol. The Labute approximate surface area is 223 Å². The van der Waals surface area contributed by atoms with Crippen LogP contribution in [0.2, 0.25) is 0 Å². The average molecular weight is 530 g/mol. The van der Waals surface area contributed by atoms with Crippen molar-refractivity contribution in [3.8, 4) is 0 Å². The van der Waals surface area contributed by atoms with Gasteiger partial charge in [0.15, 0.2) is 0 Å². The number of carbonyl (C=O) groups is 2. The van der Waals surface area contributed by atoms with E-state index in [0.29, 0.717) is 25.1 Å². The van der Waals surface area contributed by atoms with Crippen LogP contribution in [0.25, 0.3) is 0 Å². The van der Waals surface area contributed by atoms with Crippen LogP contribution >= 0.6 is 0 Å². The van der Waals surface area contributed by atoms with Gasteiger partial charge in [0, 0.05) is 25.0 Å². The Kier molecular flexibility index (Phi) is 10.3. The van der Waals surface area contributed by atoms with E-state index in [4.69, 9.17) is 0 Å². The minimum Gasteiger partial charge on any atom is -0.350 e. The van der Waals surface area contributed by atoms with Crippen molar-refractivity contribution in [2.45, 2.75) is 85.9 Å². The van der Waals surface area contributed by atoms with Crippen LogP contribution in [-0.4, -0.2) is 49.5 Å². The van der Waals surface area contributed by atoms with Gasteiger partial charge in [-0.3, -0.25) is 13.9 Å². The quantitative estimate of drug-likeness (QED) is 0.449. The summed E-state index contributed by atoms with van der Waals surface area (Å²) in [5.74, 6) is -0.366. The first-order valence-electron chi connectivity index (χ1n) is 12.8. The van der Waals surface area contributed by atoms with Crippen molar-refractivity contribution in [1.29, 1.82) is 0 Å². The molecule has 2 aromatic rings. The van der Waals surface area contributed by atoms with E-state index in [1.807, 2.05) is 90.9 Å². The number of benzene rings is 2. The Bertz CT molecular complexity index is 1180. The first-order valence-corrected chi connectivity index (χ1v) is 14.7. The summed E-state index contributed by atoms with van der Waals surface area (Å²) in [6.45, 7) is 13.9. The predicted molar refractivity (Wildman–Crippen MR) is 151 cm³/mol. The molecule has 0 aliphatic heterocycles. The van der Waals surface area contributed by atoms with Gasteiger partial charge < -0.3 is 10.2 Å². The molecule has 1 atom stereocenters. The SMILES string of the molecule is CC[C@H](C(=O)NC(C)(C)C)N(Cc1ccc(C)cc1)C(=O)CCCN(c1cc(C)ccc1C)S(C)(=O)=O. The minimum atomic E-state index is -3.54. The molecule has 37 heavy (non-hydrogen) atoms. The van der Waals surface area contributed by atoms with E-state index in [0.717, 1.165) is 22.3 Å². The molecule has 2 rings (SSSR count). The summed E-state index contributed by atoms with van der Waals surface area (Å²) in [6.07, 6.45) is 2.12. The van der Waals surface area contributed by atoms with Gasteiger partial charge >= 0.3 is 0 Å². The third kappa shape index (κ3) is 9.18. The predicted octanol–water partition coefficient (Wildman–Crippen LogP) is 4.88. The number of hydrogen-bond donors (Lipinski definition) is 1. The van der Waals surface area contributed by atoms with Gasteiger partial charge in [0.25, 0.3) is 0 Å². The van der Waals surface area contributed by atoms with Crippen molar-refractivity contribution < 1.29 is 18.0 Å². The van der Waals surface area contributed by atoms with Gasteiger partial charge in [-0.05, 0) is 77.1 Å². The van der Waals surface area contributed by atoms with Gasteiger partial charge in [0.1, 0.15) is 6.04 Å². The summed E-state index contributed by atoms with van der Waals surface area (Å²) < 4.78 is 26.6. The molecule has 8 heteroatoms. The number of sulfonamides is 1. The Hall–Kier alpha value is -2.87. The second-order valence-corrected chi connectivity index (χ2v) is 12.8. The zero-order chi connectivity index (χ0) is 28.0. The average Bonchev–Trinajstić information content (AvgIpc) is 2.77. The molecule has 0 spiro atoms. The van der Waals surface area contributed by atoms with Crippen LogP contribution in [0.3, 0.4) is 0 Å². The number of carbonyl (C=O) groups excluding carboxylic acids is 2. The second kappa shape index (κ2) is 12.6. The van der Waals surface area contributed by atoms with Crippen molar-refractivity contribution in [2.75, 3.05) is 17.1 Å². The van der Waals surface area contributed by atoms with Crippen molar-refractivity contribution in [1.82, 2.24) is 10.2 Å². The van der Waals surface area contributed by atoms with E-state index in [1.165, 1.54) is 10.6 Å². The van der Waals surface area contributed by atoms with Gasteiger partial charge in [-0.1, -0.05) is 48.9 Å². The molecule has 0 fully saturated rings. The lowest BCUT2D eigenvalue weighted by Crippen LogP contribution is -2.53. The van der Waals surface area contributed by atoms with Crippen LogP contribution in [0.4, 0.5) is 5.69 Å². The Morgan fingerprint density at radius 1 is 0.973 bits per heavy atom. The summed E-state index contributed by atoms with van der Waals surface area (Å²) >= 11 is 0. The Morgan fingerprint density at radius 3 is 2.11 bits per heavy atom. The first-order chi connectivity index (χ1) is 17.1. The van der Waals surface area contributed by atoms with Crippen LogP contribution in [0.5, 0.6) is 0 Å². The maximum atomic E-state index is 13.6. The van der Waals surface area contributed by atoms with Crippen molar-refractivity contribution in [3.05, 3.63) is 64.7 Å². The van der Waals surface area contributed by atoms with E-state index >= 15 is 0 Å². The van der Waals surface area contributed by atoms with Crippen LogP contribution < -0.4 is 9.62 Å². The number of rotatable bonds is 11. The molecule has 0 radical (unpaired) electrons. The van der Waals surface area contributed by atoms with Crippen LogP contribution in [0.15, 0.2) is 42.5 Å². The zero-order valence-electron chi connectivity index (χ0n) is 23.6. The highest BCUT2D eigenvalue weighted by molar-refractivity contribution is 7.92. The largest absolute Gasteiger partial charge is 0.350 e. The fourth-order valence-corrected chi connectivity index (χ4v) is 5.25. The lowest BCUT2D eigenvalue weighted by atomic mass is 10.0. The van der Waals surface area contributed by atoms with Crippen molar-refractivity contribution >= 4 is 27.5 Å². The van der Waals surface area contributed by atoms with E-state index in [-0.39, 0.29) is 24.8 Å². The Morgan fingerprint density at radius 2 is 1.57 bits per heavy atom. The maximum absolute atomic E-state index is 13.6. The number of amides is 2. The maximum Gasteiger partial charge on any atom is 0.243 e. The molecular formula is C29H43N3O4S.